The van der Waals surface area contributed by atoms with Gasteiger partial charge < -0.3 is 5.32 Å². The van der Waals surface area contributed by atoms with Crippen LogP contribution >= 0.6 is 11.6 Å². The summed E-state index contributed by atoms with van der Waals surface area (Å²) in [5.41, 5.74) is 2.49. The van der Waals surface area contributed by atoms with Crippen LogP contribution in [0, 0.1) is 0 Å². The molecule has 0 atom stereocenters. The Morgan fingerprint density at radius 1 is 1.31 bits per heavy atom. The number of hydrogen-bond donors (Lipinski definition) is 1. The van der Waals surface area contributed by atoms with Gasteiger partial charge in [-0.25, -0.2) is 0 Å². The first-order valence-corrected chi connectivity index (χ1v) is 4.86. The van der Waals surface area contributed by atoms with Crippen LogP contribution in [0.25, 0.3) is 6.08 Å². The molecule has 0 heterocycles. The Morgan fingerprint density at radius 3 is 2.54 bits per heavy atom. The number of halogens is 1. The summed E-state index contributed by atoms with van der Waals surface area (Å²) in [7, 11) is 1.95. The number of alkyl halides is 1. The Hall–Kier alpha value is -0.790. The fourth-order valence-electron chi connectivity index (χ4n) is 1.13. The van der Waals surface area contributed by atoms with Crippen molar-refractivity contribution >= 4 is 17.7 Å². The molecule has 2 heteroatoms. The lowest BCUT2D eigenvalue weighted by Crippen LogP contribution is -2.04. The van der Waals surface area contributed by atoms with Crippen molar-refractivity contribution < 1.29 is 0 Å². The topological polar surface area (TPSA) is 12.0 Å². The summed E-state index contributed by atoms with van der Waals surface area (Å²) in [6.07, 6.45) is 3.96. The Labute approximate surface area is 84.4 Å². The van der Waals surface area contributed by atoms with Gasteiger partial charge in [0.1, 0.15) is 0 Å². The van der Waals surface area contributed by atoms with Crippen LogP contribution in [0.4, 0.5) is 0 Å². The van der Waals surface area contributed by atoms with Crippen LogP contribution in [0.1, 0.15) is 11.1 Å². The first kappa shape index (κ1) is 10.3. The van der Waals surface area contributed by atoms with Crippen molar-refractivity contribution in [2.45, 2.75) is 6.54 Å². The van der Waals surface area contributed by atoms with Crippen LogP contribution in [0.15, 0.2) is 30.3 Å². The fourth-order valence-corrected chi connectivity index (χ4v) is 1.22. The molecule has 1 aromatic carbocycles. The highest BCUT2D eigenvalue weighted by molar-refractivity contribution is 6.19. The van der Waals surface area contributed by atoms with Gasteiger partial charge in [-0.1, -0.05) is 36.4 Å². The van der Waals surface area contributed by atoms with Gasteiger partial charge in [0.25, 0.3) is 0 Å². The summed E-state index contributed by atoms with van der Waals surface area (Å²) in [5, 5.41) is 3.11. The van der Waals surface area contributed by atoms with E-state index in [-0.39, 0.29) is 0 Å². The average molecular weight is 196 g/mol. The van der Waals surface area contributed by atoms with Crippen LogP contribution in [-0.2, 0) is 6.54 Å². The van der Waals surface area contributed by atoms with E-state index in [0.717, 1.165) is 6.54 Å². The minimum atomic E-state index is 0.568. The number of allylic oxidation sites excluding steroid dienone is 1. The molecule has 0 radical (unpaired) electrons. The monoisotopic (exact) mass is 195 g/mol. The van der Waals surface area contributed by atoms with E-state index in [1.165, 1.54) is 11.1 Å². The van der Waals surface area contributed by atoms with Gasteiger partial charge in [0.2, 0.25) is 0 Å². The molecule has 0 unspecified atom stereocenters. The van der Waals surface area contributed by atoms with Crippen LogP contribution in [0.2, 0.25) is 0 Å². The van der Waals surface area contributed by atoms with E-state index in [2.05, 4.69) is 29.6 Å². The number of benzene rings is 1. The highest BCUT2D eigenvalue weighted by Gasteiger charge is 1.89. The smallest absolute Gasteiger partial charge is 0.0407 e. The molecule has 0 saturated heterocycles. The fraction of sp³-hybridized carbons (Fsp3) is 0.273. The van der Waals surface area contributed by atoms with Crippen LogP contribution in [0.5, 0.6) is 0 Å². The molecular weight excluding hydrogens is 182 g/mol. The van der Waals surface area contributed by atoms with Crippen LogP contribution < -0.4 is 5.32 Å². The first-order chi connectivity index (χ1) is 6.36. The normalized spacial score (nSPS) is 10.9. The van der Waals surface area contributed by atoms with E-state index in [4.69, 9.17) is 11.6 Å². The number of rotatable bonds is 4. The molecule has 0 bridgehead atoms. The van der Waals surface area contributed by atoms with Gasteiger partial charge in [0, 0.05) is 12.4 Å². The molecule has 1 aromatic rings. The minimum absolute atomic E-state index is 0.568. The van der Waals surface area contributed by atoms with E-state index in [9.17, 15) is 0 Å². The third-order valence-corrected chi connectivity index (χ3v) is 1.94. The Bertz CT molecular complexity index is 264. The molecule has 1 nitrogen and oxygen atoms in total. The average Bonchev–Trinajstić information content (AvgIpc) is 2.17. The number of hydrogen-bond acceptors (Lipinski definition) is 1. The molecule has 1 rings (SSSR count). The predicted molar refractivity (Wildman–Crippen MR) is 59.0 cm³/mol. The zero-order valence-corrected chi connectivity index (χ0v) is 8.51. The quantitative estimate of drug-likeness (QED) is 0.729. The highest BCUT2D eigenvalue weighted by atomic mass is 35.5. The van der Waals surface area contributed by atoms with E-state index >= 15 is 0 Å². The van der Waals surface area contributed by atoms with E-state index in [1.807, 2.05) is 19.2 Å². The van der Waals surface area contributed by atoms with Gasteiger partial charge in [0.05, 0.1) is 0 Å². The van der Waals surface area contributed by atoms with E-state index < -0.39 is 0 Å². The van der Waals surface area contributed by atoms with Crippen LogP contribution in [-0.4, -0.2) is 12.9 Å². The lowest BCUT2D eigenvalue weighted by atomic mass is 10.1. The largest absolute Gasteiger partial charge is 0.316 e. The van der Waals surface area contributed by atoms with Crippen molar-refractivity contribution in [3.05, 3.63) is 41.5 Å². The zero-order valence-electron chi connectivity index (χ0n) is 7.76. The summed E-state index contributed by atoms with van der Waals surface area (Å²) in [6, 6.07) is 8.42. The van der Waals surface area contributed by atoms with Crippen molar-refractivity contribution in [3.8, 4) is 0 Å². The van der Waals surface area contributed by atoms with Gasteiger partial charge in [0.15, 0.2) is 0 Å². The Morgan fingerprint density at radius 2 is 2.00 bits per heavy atom. The minimum Gasteiger partial charge on any atom is -0.316 e. The molecule has 0 fully saturated rings. The molecular formula is C11H14ClN. The van der Waals surface area contributed by atoms with Crippen molar-refractivity contribution in [2.75, 3.05) is 12.9 Å². The highest BCUT2D eigenvalue weighted by Crippen LogP contribution is 2.05. The molecule has 0 saturated carbocycles. The molecule has 0 amide bonds. The first-order valence-electron chi connectivity index (χ1n) is 4.33. The predicted octanol–water partition coefficient (Wildman–Crippen LogP) is 2.66. The van der Waals surface area contributed by atoms with Crippen molar-refractivity contribution in [2.24, 2.45) is 0 Å². The second-order valence-electron chi connectivity index (χ2n) is 2.83. The maximum Gasteiger partial charge on any atom is 0.0407 e. The second kappa shape index (κ2) is 5.79. The number of nitrogens with one attached hydrogen (secondary N) is 1. The summed E-state index contributed by atoms with van der Waals surface area (Å²) >= 11 is 5.54. The molecule has 0 aromatic heterocycles. The Balaban J connectivity index is 2.64. The SMILES string of the molecule is CNCc1ccc(C=CCCl)cc1. The van der Waals surface area contributed by atoms with Crippen LogP contribution in [0.3, 0.4) is 0 Å². The summed E-state index contributed by atoms with van der Waals surface area (Å²) in [6.45, 7) is 0.916. The van der Waals surface area contributed by atoms with Gasteiger partial charge in [-0.05, 0) is 18.2 Å². The summed E-state index contributed by atoms with van der Waals surface area (Å²) in [4.78, 5) is 0. The lowest BCUT2D eigenvalue weighted by molar-refractivity contribution is 0.818. The zero-order chi connectivity index (χ0) is 9.52. The Kier molecular flexibility index (Phi) is 4.58. The third-order valence-electron chi connectivity index (χ3n) is 1.76. The van der Waals surface area contributed by atoms with Gasteiger partial charge in [-0.2, -0.15) is 0 Å². The lowest BCUT2D eigenvalue weighted by Gasteiger charge is -1.99. The summed E-state index contributed by atoms with van der Waals surface area (Å²) < 4.78 is 0. The van der Waals surface area contributed by atoms with Crippen molar-refractivity contribution in [1.82, 2.24) is 5.32 Å². The van der Waals surface area contributed by atoms with Gasteiger partial charge >= 0.3 is 0 Å². The molecule has 0 spiro atoms. The maximum atomic E-state index is 5.54. The van der Waals surface area contributed by atoms with E-state index in [0.29, 0.717) is 5.88 Å². The molecule has 70 valence electrons. The summed E-state index contributed by atoms with van der Waals surface area (Å²) in [5.74, 6) is 0.568. The van der Waals surface area contributed by atoms with Gasteiger partial charge in [-0.15, -0.1) is 11.6 Å². The molecule has 13 heavy (non-hydrogen) atoms. The molecule has 0 aliphatic carbocycles. The molecule has 0 aliphatic rings. The second-order valence-corrected chi connectivity index (χ2v) is 3.14. The van der Waals surface area contributed by atoms with E-state index in [1.54, 1.807) is 0 Å². The standard InChI is InChI=1S/C11H14ClN/c1-13-9-11-6-4-10(5-7-11)3-2-8-12/h2-7,13H,8-9H2,1H3. The van der Waals surface area contributed by atoms with Crippen molar-refractivity contribution in [3.63, 3.8) is 0 Å². The van der Waals surface area contributed by atoms with Gasteiger partial charge in [-0.3, -0.25) is 0 Å². The molecule has 0 aliphatic heterocycles. The van der Waals surface area contributed by atoms with Crippen molar-refractivity contribution in [1.29, 1.82) is 0 Å². The molecule has 1 N–H and O–H groups in total. The third kappa shape index (κ3) is 3.62. The maximum absolute atomic E-state index is 5.54.